The van der Waals surface area contributed by atoms with Crippen molar-refractivity contribution in [3.8, 4) is 0 Å². The van der Waals surface area contributed by atoms with Gasteiger partial charge in [-0.05, 0) is 25.2 Å². The highest BCUT2D eigenvalue weighted by Crippen LogP contribution is 2.21. The topological polar surface area (TPSA) is 26.3 Å². The number of hydrogen-bond donors (Lipinski definition) is 0. The monoisotopic (exact) mass is 452 g/mol. The molecule has 0 aromatic carbocycles. The Hall–Kier alpha value is -0.530. The van der Waals surface area contributed by atoms with Crippen molar-refractivity contribution in [3.05, 3.63) is 0 Å². The third kappa shape index (κ3) is 21.3. The molecular weight excluding hydrogens is 392 g/mol. The van der Waals surface area contributed by atoms with E-state index in [1.807, 2.05) is 6.92 Å². The second-order valence-electron chi connectivity index (χ2n) is 10.4. The van der Waals surface area contributed by atoms with Crippen LogP contribution >= 0.6 is 0 Å². The van der Waals surface area contributed by atoms with Gasteiger partial charge in [-0.15, -0.1) is 0 Å². The number of hydrogen-bond acceptors (Lipinski definition) is 2. The molecule has 32 heavy (non-hydrogen) atoms. The van der Waals surface area contributed by atoms with E-state index in [1.54, 1.807) is 0 Å². The summed E-state index contributed by atoms with van der Waals surface area (Å²) in [5, 5.41) is 0. The molecule has 0 fully saturated rings. The minimum absolute atomic E-state index is 0.0364. The summed E-state index contributed by atoms with van der Waals surface area (Å²) in [5.41, 5.74) is 0. The van der Waals surface area contributed by atoms with Crippen molar-refractivity contribution in [2.75, 3.05) is 6.61 Å². The average Bonchev–Trinajstić information content (AvgIpc) is 2.80. The molecule has 0 aliphatic rings. The van der Waals surface area contributed by atoms with Gasteiger partial charge in [0.05, 0.1) is 12.5 Å². The van der Waals surface area contributed by atoms with Crippen LogP contribution in [-0.4, -0.2) is 12.6 Å². The Kier molecular flexibility index (Phi) is 24.7. The molecule has 0 saturated carbocycles. The van der Waals surface area contributed by atoms with Crippen LogP contribution in [0.1, 0.15) is 169 Å². The summed E-state index contributed by atoms with van der Waals surface area (Å²) in [4.78, 5) is 12.4. The molecular formula is C30H60O2. The summed E-state index contributed by atoms with van der Waals surface area (Å²) in [5.74, 6) is 0.671. The number of carbonyl (C=O) groups excluding carboxylic acids is 1. The Balaban J connectivity index is 3.93. The molecule has 0 radical (unpaired) electrons. The van der Waals surface area contributed by atoms with Gasteiger partial charge in [0.25, 0.3) is 0 Å². The average molecular weight is 453 g/mol. The number of ether oxygens (including phenoxy) is 1. The van der Waals surface area contributed by atoms with Gasteiger partial charge in [0, 0.05) is 0 Å². The van der Waals surface area contributed by atoms with Crippen LogP contribution in [-0.2, 0) is 9.53 Å². The van der Waals surface area contributed by atoms with E-state index < -0.39 is 0 Å². The van der Waals surface area contributed by atoms with Crippen LogP contribution in [0.2, 0.25) is 0 Å². The summed E-state index contributed by atoms with van der Waals surface area (Å²) < 4.78 is 5.77. The zero-order valence-electron chi connectivity index (χ0n) is 22.7. The summed E-state index contributed by atoms with van der Waals surface area (Å²) >= 11 is 0. The van der Waals surface area contributed by atoms with E-state index in [9.17, 15) is 4.79 Å². The minimum Gasteiger partial charge on any atom is -0.465 e. The van der Waals surface area contributed by atoms with E-state index in [-0.39, 0.29) is 11.9 Å². The minimum atomic E-state index is 0.0364. The molecule has 0 bridgehead atoms. The molecule has 0 aromatic heterocycles. The van der Waals surface area contributed by atoms with Crippen molar-refractivity contribution in [2.24, 2.45) is 11.8 Å². The predicted molar refractivity (Wildman–Crippen MR) is 142 cm³/mol. The van der Waals surface area contributed by atoms with Gasteiger partial charge >= 0.3 is 5.97 Å². The lowest BCUT2D eigenvalue weighted by Gasteiger charge is -2.19. The van der Waals surface area contributed by atoms with Crippen LogP contribution in [0, 0.1) is 11.8 Å². The maximum atomic E-state index is 12.4. The van der Waals surface area contributed by atoms with E-state index in [2.05, 4.69) is 20.8 Å². The summed E-state index contributed by atoms with van der Waals surface area (Å²) in [7, 11) is 0. The van der Waals surface area contributed by atoms with Gasteiger partial charge in [0.1, 0.15) is 0 Å². The lowest BCUT2D eigenvalue weighted by molar-refractivity contribution is -0.149. The van der Waals surface area contributed by atoms with Gasteiger partial charge in [0.2, 0.25) is 0 Å². The molecule has 0 spiro atoms. The Morgan fingerprint density at radius 1 is 0.531 bits per heavy atom. The molecule has 0 aromatic rings. The second-order valence-corrected chi connectivity index (χ2v) is 10.4. The first-order chi connectivity index (χ1) is 15.7. The van der Waals surface area contributed by atoms with Gasteiger partial charge in [0.15, 0.2) is 0 Å². The highest BCUT2D eigenvalue weighted by molar-refractivity contribution is 5.71. The first kappa shape index (κ1) is 31.5. The largest absolute Gasteiger partial charge is 0.465 e. The van der Waals surface area contributed by atoms with Crippen LogP contribution < -0.4 is 0 Å². The lowest BCUT2D eigenvalue weighted by Crippen LogP contribution is -2.19. The zero-order chi connectivity index (χ0) is 23.7. The number of esters is 1. The standard InChI is InChI=1S/C30H60O2/c1-5-8-11-13-14-15-16-17-18-19-20-23-26-29(25-22-12-9-6-2)27-32-30(31)28(4)24-21-10-7-3/h28-29H,5-27H2,1-4H3. The van der Waals surface area contributed by atoms with Crippen LogP contribution in [0.25, 0.3) is 0 Å². The van der Waals surface area contributed by atoms with Gasteiger partial charge in [-0.3, -0.25) is 4.79 Å². The van der Waals surface area contributed by atoms with E-state index in [4.69, 9.17) is 4.74 Å². The SMILES string of the molecule is CCCCCCCCCCCCCCC(CCCCCC)COC(=O)C(C)CCCCC. The van der Waals surface area contributed by atoms with Crippen molar-refractivity contribution >= 4 is 5.97 Å². The quantitative estimate of drug-likeness (QED) is 0.102. The molecule has 0 aliphatic carbocycles. The van der Waals surface area contributed by atoms with Crippen LogP contribution in [0.3, 0.4) is 0 Å². The Morgan fingerprint density at radius 3 is 1.34 bits per heavy atom. The van der Waals surface area contributed by atoms with Crippen molar-refractivity contribution in [2.45, 2.75) is 169 Å². The van der Waals surface area contributed by atoms with Crippen molar-refractivity contribution in [1.29, 1.82) is 0 Å². The maximum Gasteiger partial charge on any atom is 0.308 e. The molecule has 0 heterocycles. The number of carbonyl (C=O) groups is 1. The molecule has 2 unspecified atom stereocenters. The number of rotatable bonds is 25. The second kappa shape index (κ2) is 25.1. The zero-order valence-corrected chi connectivity index (χ0v) is 22.7. The fourth-order valence-electron chi connectivity index (χ4n) is 4.61. The van der Waals surface area contributed by atoms with Crippen LogP contribution in [0.4, 0.5) is 0 Å². The molecule has 0 N–H and O–H groups in total. The summed E-state index contributed by atoms with van der Waals surface area (Å²) in [6, 6.07) is 0. The third-order valence-electron chi connectivity index (χ3n) is 7.04. The summed E-state index contributed by atoms with van der Waals surface area (Å²) in [6.07, 6.45) is 29.1. The molecule has 0 amide bonds. The normalized spacial score (nSPS) is 13.2. The van der Waals surface area contributed by atoms with Gasteiger partial charge in [-0.25, -0.2) is 0 Å². The first-order valence-corrected chi connectivity index (χ1v) is 14.8. The third-order valence-corrected chi connectivity index (χ3v) is 7.04. The van der Waals surface area contributed by atoms with Gasteiger partial charge < -0.3 is 4.74 Å². The van der Waals surface area contributed by atoms with Gasteiger partial charge in [-0.2, -0.15) is 0 Å². The van der Waals surface area contributed by atoms with Crippen molar-refractivity contribution in [3.63, 3.8) is 0 Å². The van der Waals surface area contributed by atoms with Crippen LogP contribution in [0.5, 0.6) is 0 Å². The summed E-state index contributed by atoms with van der Waals surface area (Å²) in [6.45, 7) is 9.46. The molecule has 2 atom stereocenters. The highest BCUT2D eigenvalue weighted by atomic mass is 16.5. The lowest BCUT2D eigenvalue weighted by atomic mass is 9.94. The molecule has 0 saturated heterocycles. The molecule has 2 nitrogen and oxygen atoms in total. The van der Waals surface area contributed by atoms with E-state index >= 15 is 0 Å². The van der Waals surface area contributed by atoms with Crippen molar-refractivity contribution in [1.82, 2.24) is 0 Å². The van der Waals surface area contributed by atoms with E-state index in [0.29, 0.717) is 12.5 Å². The van der Waals surface area contributed by atoms with Gasteiger partial charge in [-0.1, -0.05) is 150 Å². The fourth-order valence-corrected chi connectivity index (χ4v) is 4.61. The fraction of sp³-hybridized carbons (Fsp3) is 0.967. The molecule has 2 heteroatoms. The van der Waals surface area contributed by atoms with E-state index in [1.165, 1.54) is 128 Å². The number of unbranched alkanes of at least 4 members (excludes halogenated alkanes) is 16. The Morgan fingerprint density at radius 2 is 0.875 bits per heavy atom. The van der Waals surface area contributed by atoms with Crippen molar-refractivity contribution < 1.29 is 9.53 Å². The van der Waals surface area contributed by atoms with E-state index in [0.717, 1.165) is 12.8 Å². The first-order valence-electron chi connectivity index (χ1n) is 14.8. The highest BCUT2D eigenvalue weighted by Gasteiger charge is 2.17. The smallest absolute Gasteiger partial charge is 0.308 e. The Bertz CT molecular complexity index is 379. The Labute approximate surface area is 203 Å². The van der Waals surface area contributed by atoms with Crippen LogP contribution in [0.15, 0.2) is 0 Å². The molecule has 192 valence electrons. The maximum absolute atomic E-state index is 12.4. The predicted octanol–water partition coefficient (Wildman–Crippen LogP) is 10.4. The molecule has 0 rings (SSSR count). The molecule has 0 aliphatic heterocycles.